The van der Waals surface area contributed by atoms with Crippen LogP contribution < -0.4 is 4.74 Å². The van der Waals surface area contributed by atoms with Crippen LogP contribution >= 0.6 is 11.3 Å². The number of hydrogen-bond acceptors (Lipinski definition) is 3. The molecule has 0 saturated heterocycles. The fourth-order valence-corrected chi connectivity index (χ4v) is 3.10. The molecule has 0 aliphatic carbocycles. The molecule has 2 aromatic carbocycles. The first-order valence-corrected chi connectivity index (χ1v) is 7.48. The van der Waals surface area contributed by atoms with Crippen LogP contribution in [0.15, 0.2) is 53.9 Å². The Morgan fingerprint density at radius 2 is 1.85 bits per heavy atom. The molecule has 3 rings (SSSR count). The summed E-state index contributed by atoms with van der Waals surface area (Å²) in [5.41, 5.74) is 2.11. The highest BCUT2D eigenvalue weighted by atomic mass is 32.1. The van der Waals surface area contributed by atoms with Crippen LogP contribution in [-0.4, -0.2) is 5.11 Å². The normalized spacial score (nSPS) is 12.5. The molecule has 0 unspecified atom stereocenters. The lowest BCUT2D eigenvalue weighted by Crippen LogP contribution is -1.95. The summed E-state index contributed by atoms with van der Waals surface area (Å²) in [6.45, 7) is 2.32. The van der Waals surface area contributed by atoms with Crippen LogP contribution in [0.3, 0.4) is 0 Å². The van der Waals surface area contributed by atoms with Crippen molar-refractivity contribution in [3.63, 3.8) is 0 Å². The maximum Gasteiger partial charge on any atom is 0.119 e. The zero-order valence-electron chi connectivity index (χ0n) is 11.2. The molecule has 1 aromatic heterocycles. The summed E-state index contributed by atoms with van der Waals surface area (Å²) < 4.78 is 7.11. The minimum Gasteiger partial charge on any atom is -0.489 e. The lowest BCUT2D eigenvalue weighted by atomic mass is 10.1. The predicted octanol–water partition coefficient (Wildman–Crippen LogP) is 4.53. The second-order valence-electron chi connectivity index (χ2n) is 4.79. The summed E-state index contributed by atoms with van der Waals surface area (Å²) in [7, 11) is 0. The van der Waals surface area contributed by atoms with Gasteiger partial charge in [0, 0.05) is 10.3 Å². The maximum atomic E-state index is 9.47. The first-order chi connectivity index (χ1) is 9.74. The van der Waals surface area contributed by atoms with Gasteiger partial charge >= 0.3 is 0 Å². The Balaban J connectivity index is 1.73. The molecule has 0 saturated carbocycles. The van der Waals surface area contributed by atoms with Gasteiger partial charge in [-0.25, -0.2) is 0 Å². The number of ether oxygens (including phenoxy) is 1. The molecule has 20 heavy (non-hydrogen) atoms. The van der Waals surface area contributed by atoms with Gasteiger partial charge in [0.05, 0.1) is 6.10 Å². The summed E-state index contributed by atoms with van der Waals surface area (Å²) >= 11 is 1.74. The second-order valence-corrected chi connectivity index (χ2v) is 5.70. The third-order valence-corrected chi connectivity index (χ3v) is 4.33. The van der Waals surface area contributed by atoms with Gasteiger partial charge in [-0.1, -0.05) is 30.3 Å². The number of fused-ring (bicyclic) bond motifs is 1. The quantitative estimate of drug-likeness (QED) is 0.762. The third kappa shape index (κ3) is 2.69. The van der Waals surface area contributed by atoms with E-state index in [9.17, 15) is 5.11 Å². The molecule has 0 bridgehead atoms. The van der Waals surface area contributed by atoms with Gasteiger partial charge < -0.3 is 9.84 Å². The number of hydrogen-bond donors (Lipinski definition) is 1. The zero-order chi connectivity index (χ0) is 13.9. The van der Waals surface area contributed by atoms with Crippen LogP contribution in [0, 0.1) is 0 Å². The fourth-order valence-electron chi connectivity index (χ4n) is 2.15. The van der Waals surface area contributed by atoms with Crippen LogP contribution in [0.4, 0.5) is 0 Å². The van der Waals surface area contributed by atoms with Gasteiger partial charge in [-0.05, 0) is 41.5 Å². The van der Waals surface area contributed by atoms with Crippen molar-refractivity contribution < 1.29 is 9.84 Å². The van der Waals surface area contributed by atoms with Crippen molar-refractivity contribution in [2.75, 3.05) is 0 Å². The van der Waals surface area contributed by atoms with Crippen molar-refractivity contribution >= 4 is 21.4 Å². The van der Waals surface area contributed by atoms with Crippen LogP contribution in [0.5, 0.6) is 5.75 Å². The highest BCUT2D eigenvalue weighted by Gasteiger charge is 2.05. The molecule has 0 amide bonds. The van der Waals surface area contributed by atoms with E-state index < -0.39 is 6.10 Å². The number of aliphatic hydroxyl groups excluding tert-OH is 1. The predicted molar refractivity (Wildman–Crippen MR) is 83.2 cm³/mol. The van der Waals surface area contributed by atoms with E-state index in [2.05, 4.69) is 29.6 Å². The first kappa shape index (κ1) is 13.2. The summed E-state index contributed by atoms with van der Waals surface area (Å²) in [6.07, 6.45) is -0.440. The van der Waals surface area contributed by atoms with Crippen molar-refractivity contribution in [3.05, 3.63) is 65.0 Å². The Bertz CT molecular complexity index is 698. The molecule has 0 radical (unpaired) electrons. The minimum absolute atomic E-state index is 0.440. The third-order valence-electron chi connectivity index (χ3n) is 3.32. The molecular formula is C17H16O2S. The largest absolute Gasteiger partial charge is 0.489 e. The highest BCUT2D eigenvalue weighted by Crippen LogP contribution is 2.27. The van der Waals surface area contributed by atoms with Crippen LogP contribution in [0.1, 0.15) is 24.2 Å². The summed E-state index contributed by atoms with van der Waals surface area (Å²) in [5.74, 6) is 0.824. The molecule has 0 aliphatic heterocycles. The van der Waals surface area contributed by atoms with Crippen LogP contribution in [0.2, 0.25) is 0 Å². The minimum atomic E-state index is -0.440. The van der Waals surface area contributed by atoms with Crippen molar-refractivity contribution in [1.29, 1.82) is 0 Å². The van der Waals surface area contributed by atoms with E-state index in [0.717, 1.165) is 11.3 Å². The lowest BCUT2D eigenvalue weighted by Gasteiger charge is -2.08. The molecule has 102 valence electrons. The Labute approximate surface area is 122 Å². The van der Waals surface area contributed by atoms with Gasteiger partial charge in [-0.15, -0.1) is 11.3 Å². The Morgan fingerprint density at radius 1 is 1.10 bits per heavy atom. The van der Waals surface area contributed by atoms with Crippen molar-refractivity contribution in [2.45, 2.75) is 19.6 Å². The van der Waals surface area contributed by atoms with E-state index in [1.165, 1.54) is 15.6 Å². The summed E-state index contributed by atoms with van der Waals surface area (Å²) in [5, 5.41) is 12.9. The van der Waals surface area contributed by atoms with E-state index in [-0.39, 0.29) is 0 Å². The molecule has 3 aromatic rings. The molecule has 1 N–H and O–H groups in total. The smallest absolute Gasteiger partial charge is 0.119 e. The van der Waals surface area contributed by atoms with Crippen molar-refractivity contribution in [1.82, 2.24) is 0 Å². The SMILES string of the molecule is C[C@@H](O)c1ccc(OCc2csc3ccccc23)cc1. The second kappa shape index (κ2) is 5.65. The van der Waals surface area contributed by atoms with E-state index >= 15 is 0 Å². The monoisotopic (exact) mass is 284 g/mol. The lowest BCUT2D eigenvalue weighted by molar-refractivity contribution is 0.199. The van der Waals surface area contributed by atoms with Gasteiger partial charge in [0.15, 0.2) is 0 Å². The van der Waals surface area contributed by atoms with Crippen molar-refractivity contribution in [3.8, 4) is 5.75 Å². The van der Waals surface area contributed by atoms with Gasteiger partial charge in [-0.2, -0.15) is 0 Å². The van der Waals surface area contributed by atoms with Crippen molar-refractivity contribution in [2.24, 2.45) is 0 Å². The fraction of sp³-hybridized carbons (Fsp3) is 0.176. The van der Waals surface area contributed by atoms with Crippen LogP contribution in [-0.2, 0) is 6.61 Å². The van der Waals surface area contributed by atoms with E-state index in [4.69, 9.17) is 4.74 Å². The topological polar surface area (TPSA) is 29.5 Å². The van der Waals surface area contributed by atoms with Gasteiger partial charge in [0.2, 0.25) is 0 Å². The van der Waals surface area contributed by atoms with Gasteiger partial charge in [0.1, 0.15) is 12.4 Å². The Morgan fingerprint density at radius 3 is 2.60 bits per heavy atom. The summed E-state index contributed by atoms with van der Waals surface area (Å²) in [6, 6.07) is 15.9. The maximum absolute atomic E-state index is 9.47. The first-order valence-electron chi connectivity index (χ1n) is 6.60. The molecule has 0 aliphatic rings. The van der Waals surface area contributed by atoms with Gasteiger partial charge in [0.25, 0.3) is 0 Å². The standard InChI is InChI=1S/C17H16O2S/c1-12(18)13-6-8-15(9-7-13)19-10-14-11-20-17-5-3-2-4-16(14)17/h2-9,11-12,18H,10H2,1H3/t12-/m1/s1. The zero-order valence-corrected chi connectivity index (χ0v) is 12.1. The molecular weight excluding hydrogens is 268 g/mol. The average molecular weight is 284 g/mol. The van der Waals surface area contributed by atoms with E-state index in [1.54, 1.807) is 18.3 Å². The molecule has 1 heterocycles. The number of benzene rings is 2. The average Bonchev–Trinajstić information content (AvgIpc) is 2.89. The molecule has 2 nitrogen and oxygen atoms in total. The van der Waals surface area contributed by atoms with E-state index in [1.807, 2.05) is 24.3 Å². The van der Waals surface area contributed by atoms with Crippen LogP contribution in [0.25, 0.3) is 10.1 Å². The summed E-state index contributed by atoms with van der Waals surface area (Å²) in [4.78, 5) is 0. The molecule has 3 heteroatoms. The number of rotatable bonds is 4. The number of aliphatic hydroxyl groups is 1. The van der Waals surface area contributed by atoms with E-state index in [0.29, 0.717) is 6.61 Å². The Kier molecular flexibility index (Phi) is 3.72. The number of thiophene rings is 1. The Hall–Kier alpha value is -1.84. The highest BCUT2D eigenvalue weighted by molar-refractivity contribution is 7.17. The van der Waals surface area contributed by atoms with Gasteiger partial charge in [-0.3, -0.25) is 0 Å². The molecule has 0 spiro atoms. The molecule has 0 fully saturated rings. The molecule has 1 atom stereocenters.